The highest BCUT2D eigenvalue weighted by Gasteiger charge is 2.29. The highest BCUT2D eigenvalue weighted by Crippen LogP contribution is 2.29. The van der Waals surface area contributed by atoms with Gasteiger partial charge in [-0.05, 0) is 46.9 Å². The Labute approximate surface area is 230 Å². The minimum Gasteiger partial charge on any atom is -0.391 e. The van der Waals surface area contributed by atoms with Gasteiger partial charge in [-0.3, -0.25) is 19.7 Å². The molecule has 3 aromatic rings. The minimum atomic E-state index is -0.519. The molecule has 39 heavy (non-hydrogen) atoms. The van der Waals surface area contributed by atoms with E-state index >= 15 is 0 Å². The number of pyridine rings is 2. The van der Waals surface area contributed by atoms with E-state index in [0.29, 0.717) is 25.8 Å². The van der Waals surface area contributed by atoms with E-state index in [2.05, 4.69) is 60.3 Å². The van der Waals surface area contributed by atoms with Gasteiger partial charge in [0.25, 0.3) is 0 Å². The molecular formula is C30H36N6O3. The third kappa shape index (κ3) is 8.09. The van der Waals surface area contributed by atoms with E-state index < -0.39 is 18.2 Å². The summed E-state index contributed by atoms with van der Waals surface area (Å²) >= 11 is 0. The van der Waals surface area contributed by atoms with Gasteiger partial charge < -0.3 is 20.1 Å². The second-order valence-electron chi connectivity index (χ2n) is 10.5. The van der Waals surface area contributed by atoms with Crippen LogP contribution >= 0.6 is 0 Å². The molecule has 4 rings (SSSR count). The summed E-state index contributed by atoms with van der Waals surface area (Å²) in [5.74, 6) is -0.0720. The zero-order valence-corrected chi connectivity index (χ0v) is 22.9. The largest absolute Gasteiger partial charge is 0.391 e. The lowest BCUT2D eigenvalue weighted by Gasteiger charge is -2.30. The van der Waals surface area contributed by atoms with E-state index in [1.54, 1.807) is 24.8 Å². The first-order valence-corrected chi connectivity index (χ1v) is 12.8. The predicted molar refractivity (Wildman–Crippen MR) is 149 cm³/mol. The first-order chi connectivity index (χ1) is 18.6. The van der Waals surface area contributed by atoms with E-state index in [-0.39, 0.29) is 11.3 Å². The summed E-state index contributed by atoms with van der Waals surface area (Å²) < 4.78 is 0. The Morgan fingerprint density at radius 3 is 2.41 bits per heavy atom. The molecule has 1 aliphatic rings. The van der Waals surface area contributed by atoms with Crippen molar-refractivity contribution in [1.29, 1.82) is 5.26 Å². The van der Waals surface area contributed by atoms with Crippen molar-refractivity contribution < 1.29 is 14.7 Å². The van der Waals surface area contributed by atoms with Crippen LogP contribution in [0.1, 0.15) is 49.9 Å². The molecule has 3 heterocycles. The van der Waals surface area contributed by atoms with Crippen molar-refractivity contribution in [3.63, 3.8) is 0 Å². The van der Waals surface area contributed by atoms with Crippen molar-refractivity contribution in [1.82, 2.24) is 20.2 Å². The number of nitrogens with zero attached hydrogens (tertiary/aromatic N) is 5. The number of carbonyl (C=O) groups excluding carboxylic acids is 2. The van der Waals surface area contributed by atoms with Crippen LogP contribution in [0, 0.1) is 11.5 Å². The quantitative estimate of drug-likeness (QED) is 0.354. The number of likely N-dealkylation sites (tertiary alicyclic amines) is 1. The molecule has 2 aromatic heterocycles. The number of carbonyl (C=O) groups is 2. The first kappa shape index (κ1) is 29.3. The number of nitriles is 1. The molecular weight excluding hydrogens is 492 g/mol. The van der Waals surface area contributed by atoms with Gasteiger partial charge in [0.15, 0.2) is 6.19 Å². The van der Waals surface area contributed by atoms with Gasteiger partial charge in [0.1, 0.15) is 12.3 Å². The lowest BCUT2D eigenvalue weighted by atomic mass is 9.87. The average molecular weight is 529 g/mol. The van der Waals surface area contributed by atoms with E-state index in [9.17, 15) is 9.59 Å². The molecule has 0 radical (unpaired) electrons. The summed E-state index contributed by atoms with van der Waals surface area (Å²) in [4.78, 5) is 34.9. The number of benzene rings is 1. The molecule has 204 valence electrons. The van der Waals surface area contributed by atoms with Crippen molar-refractivity contribution in [2.24, 2.45) is 0 Å². The fourth-order valence-electron chi connectivity index (χ4n) is 4.31. The molecule has 9 nitrogen and oxygen atoms in total. The average Bonchev–Trinajstić information content (AvgIpc) is 3.33. The molecule has 0 spiro atoms. The van der Waals surface area contributed by atoms with E-state index in [1.807, 2.05) is 42.4 Å². The van der Waals surface area contributed by atoms with Gasteiger partial charge in [-0.25, -0.2) is 0 Å². The van der Waals surface area contributed by atoms with Crippen LogP contribution in [0.3, 0.4) is 0 Å². The molecule has 1 aromatic carbocycles. The van der Waals surface area contributed by atoms with Crippen LogP contribution in [-0.4, -0.2) is 57.9 Å². The summed E-state index contributed by atoms with van der Waals surface area (Å²) in [5.41, 5.74) is 4.18. The predicted octanol–water partition coefficient (Wildman–Crippen LogP) is 3.37. The number of aldehydes is 1. The maximum atomic E-state index is 13.2. The zero-order valence-electron chi connectivity index (χ0n) is 22.9. The van der Waals surface area contributed by atoms with E-state index in [1.165, 1.54) is 10.5 Å². The number of aromatic nitrogens is 2. The molecule has 0 saturated carbocycles. The normalized spacial score (nSPS) is 17.3. The summed E-state index contributed by atoms with van der Waals surface area (Å²) in [6.07, 6.45) is 9.31. The number of likely N-dealkylation sites (N-methyl/N-ethyl adjacent to an activating group) is 1. The molecule has 1 saturated heterocycles. The second kappa shape index (κ2) is 13.5. The molecule has 1 fully saturated rings. The van der Waals surface area contributed by atoms with Gasteiger partial charge >= 0.3 is 0 Å². The van der Waals surface area contributed by atoms with Crippen molar-refractivity contribution in [3.8, 4) is 6.19 Å². The number of hydrogen-bond donors (Lipinski definition) is 2. The lowest BCUT2D eigenvalue weighted by Crippen LogP contribution is -2.38. The summed E-state index contributed by atoms with van der Waals surface area (Å²) in [7, 11) is 1.94. The van der Waals surface area contributed by atoms with Gasteiger partial charge in [0, 0.05) is 56.1 Å². The van der Waals surface area contributed by atoms with E-state index in [0.717, 1.165) is 16.8 Å². The summed E-state index contributed by atoms with van der Waals surface area (Å²) in [6.45, 7) is 7.32. The number of aliphatic hydroxyl groups is 1. The Morgan fingerprint density at radius 2 is 1.87 bits per heavy atom. The lowest BCUT2D eigenvalue weighted by molar-refractivity contribution is -0.122. The fraction of sp³-hybridized carbons (Fsp3) is 0.367. The smallest absolute Gasteiger partial charge is 0.247 e. The number of anilines is 1. The Hall–Kier alpha value is -4.29. The Kier molecular flexibility index (Phi) is 10.1. The van der Waals surface area contributed by atoms with Crippen LogP contribution in [0.4, 0.5) is 5.69 Å². The Morgan fingerprint density at radius 1 is 1.18 bits per heavy atom. The standard InChI is InChI=1S/C24H28N4O.C6H8N2O2/c1-24(2,3)20-7-9-21(10-8-20)28(4)22(19-6-5-13-26-17-19)23(29)27-16-18-11-14-25-15-12-18;7-4-8-2-6(10)1-5(8)3-9/h5-15,17,22H,16H2,1-4H3,(H,27,29);3,5-6,10H,1-2H2. The van der Waals surface area contributed by atoms with Gasteiger partial charge in [0.2, 0.25) is 5.91 Å². The van der Waals surface area contributed by atoms with Crippen molar-refractivity contribution in [2.45, 2.75) is 57.3 Å². The SMILES string of the molecule is CN(c1ccc(C(C)(C)C)cc1)C(C(=O)NCc1ccncc1)c1cccnc1.N#CN1CC(O)CC1C=O. The minimum absolute atomic E-state index is 0.0720. The third-order valence-corrected chi connectivity index (χ3v) is 6.60. The van der Waals surface area contributed by atoms with Crippen LogP contribution in [-0.2, 0) is 21.5 Å². The zero-order chi connectivity index (χ0) is 28.4. The van der Waals surface area contributed by atoms with Gasteiger partial charge in [-0.1, -0.05) is 39.0 Å². The van der Waals surface area contributed by atoms with Crippen molar-refractivity contribution in [3.05, 3.63) is 90.0 Å². The molecule has 9 heteroatoms. The molecule has 0 bridgehead atoms. The highest BCUT2D eigenvalue weighted by molar-refractivity contribution is 5.86. The van der Waals surface area contributed by atoms with Gasteiger partial charge in [0.05, 0.1) is 18.7 Å². The number of aliphatic hydroxyl groups excluding tert-OH is 1. The van der Waals surface area contributed by atoms with Crippen molar-refractivity contribution in [2.75, 3.05) is 18.5 Å². The summed E-state index contributed by atoms with van der Waals surface area (Å²) in [5, 5.41) is 20.4. The van der Waals surface area contributed by atoms with Crippen LogP contribution in [0.15, 0.2) is 73.3 Å². The molecule has 2 N–H and O–H groups in total. The van der Waals surface area contributed by atoms with Gasteiger partial charge in [-0.15, -0.1) is 0 Å². The maximum absolute atomic E-state index is 13.2. The number of amides is 1. The highest BCUT2D eigenvalue weighted by atomic mass is 16.3. The van der Waals surface area contributed by atoms with Gasteiger partial charge in [-0.2, -0.15) is 5.26 Å². The first-order valence-electron chi connectivity index (χ1n) is 12.8. The van der Waals surface area contributed by atoms with Crippen LogP contribution in [0.25, 0.3) is 0 Å². The third-order valence-electron chi connectivity index (χ3n) is 6.60. The topological polar surface area (TPSA) is 122 Å². The maximum Gasteiger partial charge on any atom is 0.247 e. The molecule has 1 aliphatic heterocycles. The number of hydrogen-bond acceptors (Lipinski definition) is 8. The van der Waals surface area contributed by atoms with E-state index in [4.69, 9.17) is 10.4 Å². The monoisotopic (exact) mass is 528 g/mol. The Balaban J connectivity index is 0.000000353. The van der Waals surface area contributed by atoms with Crippen LogP contribution < -0.4 is 10.2 Å². The van der Waals surface area contributed by atoms with Crippen molar-refractivity contribution >= 4 is 17.9 Å². The van der Waals surface area contributed by atoms with Crippen LogP contribution in [0.5, 0.6) is 0 Å². The number of nitrogens with one attached hydrogen (secondary N) is 1. The summed E-state index contributed by atoms with van der Waals surface area (Å²) in [6, 6.07) is 15.1. The molecule has 0 aliphatic carbocycles. The number of rotatable bonds is 7. The molecule has 3 atom stereocenters. The second-order valence-corrected chi connectivity index (χ2v) is 10.5. The Bertz CT molecular complexity index is 1240. The number of β-amino-alcohol motifs (C(OH)–C–C–N with tert-alkyl or cyclic N) is 1. The molecule has 3 unspecified atom stereocenters. The van der Waals surface area contributed by atoms with Crippen LogP contribution in [0.2, 0.25) is 0 Å². The molecule has 1 amide bonds. The fourth-order valence-corrected chi connectivity index (χ4v) is 4.31.